The molecule has 2 unspecified atom stereocenters. The number of benzene rings is 1. The lowest BCUT2D eigenvalue weighted by atomic mass is 9.92. The number of ether oxygens (including phenoxy) is 1. The summed E-state index contributed by atoms with van der Waals surface area (Å²) in [4.78, 5) is 31.3. The van der Waals surface area contributed by atoms with Crippen LogP contribution in [-0.2, 0) is 42.9 Å². The van der Waals surface area contributed by atoms with E-state index in [9.17, 15) is 26.4 Å². The van der Waals surface area contributed by atoms with Gasteiger partial charge in [-0.2, -0.15) is 16.8 Å². The highest BCUT2D eigenvalue weighted by Crippen LogP contribution is 2.49. The van der Waals surface area contributed by atoms with Gasteiger partial charge in [-0.15, -0.1) is 11.3 Å². The zero-order valence-corrected chi connectivity index (χ0v) is 23.2. The summed E-state index contributed by atoms with van der Waals surface area (Å²) in [5.41, 5.74) is 0.383. The minimum atomic E-state index is -4.01. The van der Waals surface area contributed by atoms with Crippen LogP contribution in [-0.4, -0.2) is 69.7 Å². The number of esters is 1. The normalized spacial score (nSPS) is 20.3. The van der Waals surface area contributed by atoms with Crippen molar-refractivity contribution in [3.8, 4) is 0 Å². The van der Waals surface area contributed by atoms with Gasteiger partial charge in [0.1, 0.15) is 11.1 Å². The molecule has 1 saturated heterocycles. The number of para-hydroxylation sites is 1. The highest BCUT2D eigenvalue weighted by molar-refractivity contribution is 8.77. The summed E-state index contributed by atoms with van der Waals surface area (Å²) in [6.45, 7) is 2.64. The quantitative estimate of drug-likeness (QED) is 0.101. The van der Waals surface area contributed by atoms with Gasteiger partial charge in [0, 0.05) is 0 Å². The zero-order valence-electron chi connectivity index (χ0n) is 19.2. The average Bonchev–Trinajstić information content (AvgIpc) is 3.14. The van der Waals surface area contributed by atoms with Crippen molar-refractivity contribution in [1.82, 2.24) is 9.88 Å². The van der Waals surface area contributed by atoms with Crippen LogP contribution in [0.4, 0.5) is 0 Å². The molecule has 0 saturated carbocycles. The van der Waals surface area contributed by atoms with Gasteiger partial charge in [-0.1, -0.05) is 22.9 Å². The predicted octanol–water partition coefficient (Wildman–Crippen LogP) is 2.57. The van der Waals surface area contributed by atoms with E-state index < -0.39 is 55.2 Å². The minimum absolute atomic E-state index is 0.363. The number of methoxy groups -OCH3 is 1. The number of thiazole rings is 1. The van der Waals surface area contributed by atoms with E-state index in [1.54, 1.807) is 0 Å². The summed E-state index contributed by atoms with van der Waals surface area (Å²) in [5, 5.41) is -0.830. The molecule has 3 atom stereocenters. The number of aromatic nitrogens is 1. The SMILES string of the molecule is COC(=O)/C(=C(/C)OS(C)(=O)=O)N1C(=O)C([C@H](C)OS(C)(=O)=O)C1SSc1nc2ccccc2s1. The molecule has 1 aromatic heterocycles. The molecular formula is C19H22N2O9S5. The molecular weight excluding hydrogens is 561 g/mol. The Bertz CT molecular complexity index is 1350. The van der Waals surface area contributed by atoms with Crippen LogP contribution in [0.2, 0.25) is 0 Å². The van der Waals surface area contributed by atoms with Gasteiger partial charge in [-0.05, 0) is 36.8 Å². The molecule has 0 aliphatic carbocycles. The minimum Gasteiger partial charge on any atom is -0.464 e. The van der Waals surface area contributed by atoms with Gasteiger partial charge in [-0.25, -0.2) is 9.78 Å². The maximum atomic E-state index is 13.2. The Balaban J connectivity index is 1.97. The van der Waals surface area contributed by atoms with Crippen LogP contribution in [0.3, 0.4) is 0 Å². The maximum absolute atomic E-state index is 13.2. The van der Waals surface area contributed by atoms with E-state index in [1.807, 2.05) is 24.3 Å². The molecule has 0 radical (unpaired) electrons. The first-order valence-corrected chi connectivity index (χ1v) is 16.5. The fraction of sp³-hybridized carbons (Fsp3) is 0.421. The van der Waals surface area contributed by atoms with Crippen LogP contribution in [0, 0.1) is 5.92 Å². The number of amides is 1. The Hall–Kier alpha value is -1.85. The average molecular weight is 583 g/mol. The van der Waals surface area contributed by atoms with Crippen molar-refractivity contribution >= 4 is 75.3 Å². The molecule has 1 amide bonds. The summed E-state index contributed by atoms with van der Waals surface area (Å²) in [7, 11) is -4.45. The molecule has 2 aromatic rings. The lowest BCUT2D eigenvalue weighted by Gasteiger charge is -2.47. The van der Waals surface area contributed by atoms with Crippen molar-refractivity contribution < 1.29 is 39.5 Å². The lowest BCUT2D eigenvalue weighted by Crippen LogP contribution is -2.63. The smallest absolute Gasteiger partial charge is 0.358 e. The van der Waals surface area contributed by atoms with Crippen molar-refractivity contribution in [3.05, 3.63) is 35.7 Å². The van der Waals surface area contributed by atoms with E-state index in [2.05, 4.69) is 4.98 Å². The van der Waals surface area contributed by atoms with Crippen molar-refractivity contribution in [2.45, 2.75) is 29.7 Å². The number of β-lactam (4-membered cyclic amide) rings is 1. The first kappa shape index (κ1) is 27.7. The Morgan fingerprint density at radius 2 is 1.83 bits per heavy atom. The van der Waals surface area contributed by atoms with Crippen molar-refractivity contribution in [3.63, 3.8) is 0 Å². The Morgan fingerprint density at radius 3 is 2.40 bits per heavy atom. The molecule has 192 valence electrons. The molecule has 35 heavy (non-hydrogen) atoms. The van der Waals surface area contributed by atoms with E-state index >= 15 is 0 Å². The second-order valence-corrected chi connectivity index (χ2v) is 14.2. The van der Waals surface area contributed by atoms with E-state index in [0.717, 1.165) is 45.5 Å². The number of carbonyl (C=O) groups excluding carboxylic acids is 2. The number of fused-ring (bicyclic) bond motifs is 1. The summed E-state index contributed by atoms with van der Waals surface area (Å²) in [6.07, 6.45) is 0.604. The number of nitrogens with zero attached hydrogens (tertiary/aromatic N) is 2. The molecule has 11 nitrogen and oxygen atoms in total. The molecule has 2 heterocycles. The van der Waals surface area contributed by atoms with Gasteiger partial charge < -0.3 is 8.92 Å². The Labute approximate surface area is 214 Å². The monoisotopic (exact) mass is 582 g/mol. The number of hydrogen-bond donors (Lipinski definition) is 0. The summed E-state index contributed by atoms with van der Waals surface area (Å²) >= 11 is 1.42. The third-order valence-electron chi connectivity index (χ3n) is 4.64. The number of hydrogen-bond acceptors (Lipinski definition) is 13. The molecule has 3 rings (SSSR count). The van der Waals surface area contributed by atoms with Gasteiger partial charge in [0.05, 0.1) is 41.9 Å². The zero-order chi connectivity index (χ0) is 26.1. The van der Waals surface area contributed by atoms with Crippen LogP contribution >= 0.6 is 32.9 Å². The van der Waals surface area contributed by atoms with Gasteiger partial charge in [0.15, 0.2) is 10.0 Å². The fourth-order valence-corrected chi connectivity index (χ4v) is 8.65. The highest BCUT2D eigenvalue weighted by atomic mass is 33.1. The van der Waals surface area contributed by atoms with E-state index in [0.29, 0.717) is 4.34 Å². The molecule has 0 N–H and O–H groups in total. The molecule has 0 bridgehead atoms. The standard InChI is InChI=1S/C19H22N2O9S5/c1-10(29-34(4,24)25)14-16(22)21(15(18(23)28-3)11(2)30-35(5,26)27)17(14)32-33-19-20-12-8-6-7-9-13(12)31-19/h6-10,14,17H,1-5H3/b15-11+/t10-,14?,17?/m0/s1. The third kappa shape index (κ3) is 6.68. The molecule has 1 aliphatic rings. The predicted molar refractivity (Wildman–Crippen MR) is 133 cm³/mol. The van der Waals surface area contributed by atoms with Gasteiger partial charge in [-0.3, -0.25) is 13.9 Å². The van der Waals surface area contributed by atoms with Crippen molar-refractivity contribution in [1.29, 1.82) is 0 Å². The number of allylic oxidation sites excluding steroid dienone is 1. The van der Waals surface area contributed by atoms with E-state index in [-0.39, 0.29) is 5.76 Å². The van der Waals surface area contributed by atoms with Crippen LogP contribution in [0.25, 0.3) is 10.2 Å². The van der Waals surface area contributed by atoms with Gasteiger partial charge >= 0.3 is 16.1 Å². The van der Waals surface area contributed by atoms with E-state index in [1.165, 1.54) is 36.0 Å². The molecule has 0 spiro atoms. The highest BCUT2D eigenvalue weighted by Gasteiger charge is 2.55. The number of carbonyl (C=O) groups is 2. The third-order valence-corrected chi connectivity index (χ3v) is 9.88. The summed E-state index contributed by atoms with van der Waals surface area (Å²) in [5.74, 6) is -2.98. The van der Waals surface area contributed by atoms with Crippen molar-refractivity contribution in [2.75, 3.05) is 19.6 Å². The Kier molecular flexibility index (Phi) is 8.43. The van der Waals surface area contributed by atoms with Crippen LogP contribution in [0.15, 0.2) is 40.1 Å². The molecule has 1 aromatic carbocycles. The summed E-state index contributed by atoms with van der Waals surface area (Å²) < 4.78 is 62.9. The van der Waals surface area contributed by atoms with Gasteiger partial charge in [0.25, 0.3) is 10.1 Å². The van der Waals surface area contributed by atoms with E-state index in [4.69, 9.17) is 13.1 Å². The van der Waals surface area contributed by atoms with Gasteiger partial charge in [0.2, 0.25) is 5.91 Å². The molecule has 1 aliphatic heterocycles. The second-order valence-electron chi connectivity index (χ2n) is 7.44. The lowest BCUT2D eigenvalue weighted by molar-refractivity contribution is -0.157. The fourth-order valence-electron chi connectivity index (χ4n) is 3.35. The van der Waals surface area contributed by atoms with Crippen molar-refractivity contribution in [2.24, 2.45) is 5.92 Å². The molecule has 16 heteroatoms. The second kappa shape index (κ2) is 10.6. The maximum Gasteiger partial charge on any atom is 0.358 e. The largest absolute Gasteiger partial charge is 0.464 e. The first-order chi connectivity index (χ1) is 16.2. The number of rotatable bonds is 10. The first-order valence-electron chi connectivity index (χ1n) is 9.80. The van der Waals surface area contributed by atoms with Crippen LogP contribution < -0.4 is 0 Å². The number of likely N-dealkylation sites (tertiary alicyclic amines) is 1. The topological polar surface area (TPSA) is 146 Å². The van der Waals surface area contributed by atoms with Crippen LogP contribution in [0.1, 0.15) is 13.8 Å². The summed E-state index contributed by atoms with van der Waals surface area (Å²) in [6, 6.07) is 7.51. The Morgan fingerprint density at radius 1 is 1.17 bits per heavy atom. The molecule has 1 fully saturated rings. The van der Waals surface area contributed by atoms with Crippen LogP contribution in [0.5, 0.6) is 0 Å².